The molecule has 7 nitrogen and oxygen atoms in total. The number of hydrogen-bond acceptors (Lipinski definition) is 5. The lowest BCUT2D eigenvalue weighted by Crippen LogP contribution is -2.24. The summed E-state index contributed by atoms with van der Waals surface area (Å²) in [6.45, 7) is 4.27. The lowest BCUT2D eigenvalue weighted by molar-refractivity contribution is 0.659. The van der Waals surface area contributed by atoms with E-state index >= 15 is 0 Å². The van der Waals surface area contributed by atoms with Gasteiger partial charge in [-0.25, -0.2) is 14.6 Å². The first-order valence-corrected chi connectivity index (χ1v) is 10.7. The van der Waals surface area contributed by atoms with Crippen LogP contribution in [0, 0.1) is 6.92 Å². The number of pyridine rings is 1. The highest BCUT2D eigenvalue weighted by Gasteiger charge is 2.19. The van der Waals surface area contributed by atoms with Gasteiger partial charge >= 0.3 is 0 Å². The minimum absolute atomic E-state index is 0.120. The van der Waals surface area contributed by atoms with E-state index in [4.69, 9.17) is 22.4 Å². The minimum Gasteiger partial charge on any atom is -0.383 e. The van der Waals surface area contributed by atoms with Crippen LogP contribution in [-0.4, -0.2) is 24.3 Å². The van der Waals surface area contributed by atoms with Crippen LogP contribution >= 0.6 is 11.6 Å². The van der Waals surface area contributed by atoms with Crippen LogP contribution in [0.5, 0.6) is 0 Å². The van der Waals surface area contributed by atoms with Crippen molar-refractivity contribution in [1.82, 2.24) is 24.3 Å². The lowest BCUT2D eigenvalue weighted by Gasteiger charge is -2.17. The Morgan fingerprint density at radius 3 is 2.66 bits per heavy atom. The summed E-state index contributed by atoms with van der Waals surface area (Å²) in [4.78, 5) is 22.3. The van der Waals surface area contributed by atoms with E-state index in [2.05, 4.69) is 9.97 Å². The molecule has 32 heavy (non-hydrogen) atoms. The van der Waals surface area contributed by atoms with Crippen molar-refractivity contribution < 1.29 is 0 Å². The summed E-state index contributed by atoms with van der Waals surface area (Å²) in [5.41, 5.74) is 9.74. The number of para-hydroxylation sites is 1. The van der Waals surface area contributed by atoms with Crippen molar-refractivity contribution in [3.05, 3.63) is 87.2 Å². The van der Waals surface area contributed by atoms with Crippen molar-refractivity contribution in [2.75, 3.05) is 5.73 Å². The standard InChI is InChI=1S/C24H21ClN6O/c1-3-18-21-22(26)27-13-28-23(21)30(29-18)12-16-11-15-8-6-7-14(2)20(15)24(32)31(16)19-10-5-4-9-17(19)25/h4-11,13H,3,12H2,1-2H3,(H2,26,27,28). The summed E-state index contributed by atoms with van der Waals surface area (Å²) < 4.78 is 3.44. The van der Waals surface area contributed by atoms with E-state index in [-0.39, 0.29) is 5.56 Å². The topological polar surface area (TPSA) is 91.6 Å². The number of benzene rings is 2. The first-order chi connectivity index (χ1) is 15.5. The van der Waals surface area contributed by atoms with Crippen molar-refractivity contribution in [2.24, 2.45) is 0 Å². The summed E-state index contributed by atoms with van der Waals surface area (Å²) in [5.74, 6) is 0.399. The number of hydrogen-bond donors (Lipinski definition) is 1. The Labute approximate surface area is 189 Å². The van der Waals surface area contributed by atoms with E-state index in [0.29, 0.717) is 40.5 Å². The first-order valence-electron chi connectivity index (χ1n) is 10.3. The van der Waals surface area contributed by atoms with E-state index in [1.165, 1.54) is 6.33 Å². The zero-order valence-electron chi connectivity index (χ0n) is 17.7. The SMILES string of the molecule is CCc1nn(Cc2cc3cccc(C)c3c(=O)n2-c2ccccc2Cl)c2ncnc(N)c12. The predicted molar refractivity (Wildman–Crippen MR) is 128 cm³/mol. The molecule has 3 heterocycles. The van der Waals surface area contributed by atoms with Crippen molar-refractivity contribution in [3.8, 4) is 5.69 Å². The third kappa shape index (κ3) is 3.13. The van der Waals surface area contributed by atoms with Crippen LogP contribution in [0.2, 0.25) is 5.02 Å². The molecular formula is C24H21ClN6O. The maximum absolute atomic E-state index is 13.7. The normalized spacial score (nSPS) is 11.5. The first kappa shape index (κ1) is 20.2. The fourth-order valence-corrected chi connectivity index (χ4v) is 4.44. The Bertz CT molecular complexity index is 1550. The molecule has 0 radical (unpaired) electrons. The van der Waals surface area contributed by atoms with Crippen LogP contribution in [-0.2, 0) is 13.0 Å². The Morgan fingerprint density at radius 2 is 1.88 bits per heavy atom. The summed E-state index contributed by atoms with van der Waals surface area (Å²) in [6.07, 6.45) is 2.12. The number of nitrogen functional groups attached to an aromatic ring is 1. The molecule has 5 aromatic rings. The van der Waals surface area contributed by atoms with E-state index in [9.17, 15) is 4.79 Å². The summed E-state index contributed by atoms with van der Waals surface area (Å²) in [6, 6.07) is 15.2. The van der Waals surface area contributed by atoms with Gasteiger partial charge in [-0.2, -0.15) is 5.10 Å². The molecule has 2 aromatic carbocycles. The number of fused-ring (bicyclic) bond motifs is 2. The molecule has 160 valence electrons. The van der Waals surface area contributed by atoms with Crippen LogP contribution in [0.4, 0.5) is 5.82 Å². The van der Waals surface area contributed by atoms with Gasteiger partial charge in [0.05, 0.1) is 33.7 Å². The number of rotatable bonds is 4. The molecule has 0 aliphatic carbocycles. The van der Waals surface area contributed by atoms with E-state index in [1.54, 1.807) is 15.3 Å². The molecule has 0 saturated carbocycles. The zero-order valence-corrected chi connectivity index (χ0v) is 18.5. The average Bonchev–Trinajstić information content (AvgIpc) is 3.14. The van der Waals surface area contributed by atoms with Crippen LogP contribution in [0.1, 0.15) is 23.9 Å². The molecule has 0 aliphatic rings. The zero-order chi connectivity index (χ0) is 22.4. The number of nitrogens with zero attached hydrogens (tertiary/aromatic N) is 5. The highest BCUT2D eigenvalue weighted by Crippen LogP contribution is 2.26. The van der Waals surface area contributed by atoms with E-state index < -0.39 is 0 Å². The van der Waals surface area contributed by atoms with Gasteiger partial charge in [-0.05, 0) is 42.5 Å². The van der Waals surface area contributed by atoms with E-state index in [1.807, 2.05) is 56.3 Å². The number of halogens is 1. The molecule has 8 heteroatoms. The summed E-state index contributed by atoms with van der Waals surface area (Å²) in [7, 11) is 0. The molecule has 0 spiro atoms. The van der Waals surface area contributed by atoms with Gasteiger partial charge in [0.25, 0.3) is 5.56 Å². The molecule has 0 saturated heterocycles. The quantitative estimate of drug-likeness (QED) is 0.446. The Kier molecular flexibility index (Phi) is 4.90. The highest BCUT2D eigenvalue weighted by molar-refractivity contribution is 6.32. The van der Waals surface area contributed by atoms with Crippen molar-refractivity contribution in [2.45, 2.75) is 26.8 Å². The van der Waals surface area contributed by atoms with Crippen LogP contribution in [0.15, 0.2) is 59.7 Å². The number of aryl methyl sites for hydroxylation is 2. The second-order valence-corrected chi connectivity index (χ2v) is 8.09. The minimum atomic E-state index is -0.120. The van der Waals surface area contributed by atoms with Gasteiger partial charge in [-0.1, -0.05) is 48.9 Å². The van der Waals surface area contributed by atoms with Gasteiger partial charge in [0.1, 0.15) is 12.1 Å². The molecule has 0 amide bonds. The van der Waals surface area contributed by atoms with E-state index in [0.717, 1.165) is 27.7 Å². The predicted octanol–water partition coefficient (Wildman–Crippen LogP) is 4.29. The van der Waals surface area contributed by atoms with Crippen LogP contribution in [0.3, 0.4) is 0 Å². The molecule has 0 atom stereocenters. The van der Waals surface area contributed by atoms with Gasteiger partial charge in [-0.3, -0.25) is 9.36 Å². The number of anilines is 1. The fraction of sp³-hybridized carbons (Fsp3) is 0.167. The maximum atomic E-state index is 13.7. The molecule has 0 aliphatic heterocycles. The summed E-state index contributed by atoms with van der Waals surface area (Å²) >= 11 is 6.52. The molecule has 2 N–H and O–H groups in total. The molecule has 0 unspecified atom stereocenters. The number of nitrogens with two attached hydrogens (primary N) is 1. The van der Waals surface area contributed by atoms with Gasteiger partial charge < -0.3 is 5.73 Å². The highest BCUT2D eigenvalue weighted by atomic mass is 35.5. The monoisotopic (exact) mass is 444 g/mol. The second kappa shape index (κ2) is 7.76. The maximum Gasteiger partial charge on any atom is 0.263 e. The Hall–Kier alpha value is -3.71. The van der Waals surface area contributed by atoms with Crippen molar-refractivity contribution in [3.63, 3.8) is 0 Å². The average molecular weight is 445 g/mol. The smallest absolute Gasteiger partial charge is 0.263 e. The van der Waals surface area contributed by atoms with Gasteiger partial charge in [-0.15, -0.1) is 0 Å². The van der Waals surface area contributed by atoms with Gasteiger partial charge in [0, 0.05) is 5.69 Å². The Balaban J connectivity index is 1.81. The number of aromatic nitrogens is 5. The largest absolute Gasteiger partial charge is 0.383 e. The van der Waals surface area contributed by atoms with Gasteiger partial charge in [0.2, 0.25) is 0 Å². The van der Waals surface area contributed by atoms with Crippen molar-refractivity contribution >= 4 is 39.2 Å². The summed E-state index contributed by atoms with van der Waals surface area (Å²) in [5, 5.41) is 7.52. The third-order valence-electron chi connectivity index (χ3n) is 5.70. The molecule has 5 rings (SSSR count). The van der Waals surface area contributed by atoms with Gasteiger partial charge in [0.15, 0.2) is 5.65 Å². The molecule has 3 aromatic heterocycles. The molecule has 0 fully saturated rings. The fourth-order valence-electron chi connectivity index (χ4n) is 4.22. The Morgan fingerprint density at radius 1 is 1.06 bits per heavy atom. The molecule has 0 bridgehead atoms. The lowest BCUT2D eigenvalue weighted by atomic mass is 10.1. The van der Waals surface area contributed by atoms with Crippen molar-refractivity contribution in [1.29, 1.82) is 0 Å². The second-order valence-electron chi connectivity index (χ2n) is 7.68. The van der Waals surface area contributed by atoms with Crippen LogP contribution in [0.25, 0.3) is 27.5 Å². The molecular weight excluding hydrogens is 424 g/mol. The third-order valence-corrected chi connectivity index (χ3v) is 6.02. The van der Waals surface area contributed by atoms with Crippen LogP contribution < -0.4 is 11.3 Å².